The van der Waals surface area contributed by atoms with Gasteiger partial charge in [0.25, 0.3) is 0 Å². The van der Waals surface area contributed by atoms with Crippen LogP contribution >= 0.6 is 23.2 Å². The first kappa shape index (κ1) is 9.75. The smallest absolute Gasteiger partial charge is 0.138 e. The van der Waals surface area contributed by atoms with Crippen molar-refractivity contribution in [2.75, 3.05) is 0 Å². The van der Waals surface area contributed by atoms with Crippen molar-refractivity contribution in [2.24, 2.45) is 0 Å². The minimum absolute atomic E-state index is 0.436. The first-order chi connectivity index (χ1) is 6.59. The van der Waals surface area contributed by atoms with Gasteiger partial charge in [0.2, 0.25) is 0 Å². The van der Waals surface area contributed by atoms with Crippen LogP contribution in [0.1, 0.15) is 11.1 Å². The molecule has 0 N–H and O–H groups in total. The van der Waals surface area contributed by atoms with E-state index >= 15 is 0 Å². The van der Waals surface area contributed by atoms with E-state index in [4.69, 9.17) is 23.2 Å². The molecule has 0 radical (unpaired) electrons. The number of aryl methyl sites for hydroxylation is 2. The van der Waals surface area contributed by atoms with Gasteiger partial charge in [0.1, 0.15) is 10.3 Å². The number of benzene rings is 1. The summed E-state index contributed by atoms with van der Waals surface area (Å²) in [5.41, 5.74) is 2.38. The van der Waals surface area contributed by atoms with Crippen molar-refractivity contribution >= 4 is 34.0 Å². The Morgan fingerprint density at radius 1 is 1.14 bits per heavy atom. The molecular formula is C11H9Cl2N. The number of halogens is 2. The van der Waals surface area contributed by atoms with Crippen molar-refractivity contribution in [3.05, 3.63) is 39.6 Å². The molecule has 0 spiro atoms. The Hall–Kier alpha value is -0.790. The summed E-state index contributed by atoms with van der Waals surface area (Å²) in [5, 5.41) is 2.95. The van der Waals surface area contributed by atoms with Crippen molar-refractivity contribution in [1.82, 2.24) is 4.98 Å². The van der Waals surface area contributed by atoms with Gasteiger partial charge in [-0.05, 0) is 36.4 Å². The van der Waals surface area contributed by atoms with Crippen LogP contribution in [0.2, 0.25) is 10.3 Å². The lowest BCUT2D eigenvalue weighted by molar-refractivity contribution is 1.32. The Labute approximate surface area is 92.7 Å². The molecule has 0 aliphatic carbocycles. The van der Waals surface area contributed by atoms with E-state index in [0.717, 1.165) is 16.3 Å². The summed E-state index contributed by atoms with van der Waals surface area (Å²) in [6, 6.07) is 5.90. The lowest BCUT2D eigenvalue weighted by Gasteiger charge is -2.07. The molecule has 0 saturated carbocycles. The van der Waals surface area contributed by atoms with Crippen LogP contribution in [0, 0.1) is 13.8 Å². The maximum atomic E-state index is 6.04. The maximum absolute atomic E-state index is 6.04. The van der Waals surface area contributed by atoms with E-state index in [1.807, 2.05) is 19.1 Å². The molecule has 0 unspecified atom stereocenters. The number of nitrogens with zero attached hydrogens (tertiary/aromatic N) is 1. The van der Waals surface area contributed by atoms with Crippen molar-refractivity contribution < 1.29 is 0 Å². The molecule has 0 saturated heterocycles. The molecule has 2 rings (SSSR count). The molecule has 3 heteroatoms. The molecule has 0 aliphatic rings. The summed E-state index contributed by atoms with van der Waals surface area (Å²) in [7, 11) is 0. The average molecular weight is 226 g/mol. The summed E-state index contributed by atoms with van der Waals surface area (Å²) in [6.07, 6.45) is 0. The van der Waals surface area contributed by atoms with Crippen LogP contribution < -0.4 is 0 Å². The third-order valence-corrected chi connectivity index (χ3v) is 2.92. The molecule has 0 bridgehead atoms. The van der Waals surface area contributed by atoms with Gasteiger partial charge in [0, 0.05) is 5.39 Å². The number of aromatic nitrogens is 1. The lowest BCUT2D eigenvalue weighted by atomic mass is 10.0. The summed E-state index contributed by atoms with van der Waals surface area (Å²) in [4.78, 5) is 4.03. The van der Waals surface area contributed by atoms with Crippen molar-refractivity contribution in [1.29, 1.82) is 0 Å². The van der Waals surface area contributed by atoms with Gasteiger partial charge in [-0.1, -0.05) is 35.3 Å². The Morgan fingerprint density at radius 3 is 2.57 bits per heavy atom. The number of hydrogen-bond acceptors (Lipinski definition) is 1. The fraction of sp³-hybridized carbons (Fsp3) is 0.182. The predicted octanol–water partition coefficient (Wildman–Crippen LogP) is 4.16. The monoisotopic (exact) mass is 225 g/mol. The van der Waals surface area contributed by atoms with Crippen molar-refractivity contribution in [2.45, 2.75) is 13.8 Å². The fourth-order valence-electron chi connectivity index (χ4n) is 1.54. The number of hydrogen-bond donors (Lipinski definition) is 0. The quantitative estimate of drug-likeness (QED) is 0.614. The molecule has 0 atom stereocenters. The second-order valence-corrected chi connectivity index (χ2v) is 4.09. The Morgan fingerprint density at radius 2 is 1.86 bits per heavy atom. The van der Waals surface area contributed by atoms with E-state index in [-0.39, 0.29) is 0 Å². The molecule has 1 nitrogen and oxygen atoms in total. The highest BCUT2D eigenvalue weighted by molar-refractivity contribution is 6.36. The minimum atomic E-state index is 0.436. The molecule has 0 fully saturated rings. The van der Waals surface area contributed by atoms with Crippen LogP contribution in [0.5, 0.6) is 0 Å². The van der Waals surface area contributed by atoms with Crippen molar-refractivity contribution in [3.8, 4) is 0 Å². The molecule has 2 aromatic rings. The zero-order chi connectivity index (χ0) is 10.3. The van der Waals surface area contributed by atoms with Crippen LogP contribution in [-0.2, 0) is 0 Å². The predicted molar refractivity (Wildman–Crippen MR) is 61.2 cm³/mol. The number of pyridine rings is 1. The fourth-order valence-corrected chi connectivity index (χ4v) is 2.13. The zero-order valence-corrected chi connectivity index (χ0v) is 9.45. The SMILES string of the molecule is Cc1ccc2cc(Cl)nc(Cl)c2c1C. The molecular weight excluding hydrogens is 217 g/mol. The van der Waals surface area contributed by atoms with Crippen LogP contribution in [0.4, 0.5) is 0 Å². The Kier molecular flexibility index (Phi) is 2.38. The first-order valence-electron chi connectivity index (χ1n) is 4.31. The van der Waals surface area contributed by atoms with E-state index in [1.54, 1.807) is 0 Å². The van der Waals surface area contributed by atoms with Gasteiger partial charge in [-0.2, -0.15) is 0 Å². The molecule has 0 aliphatic heterocycles. The third-order valence-electron chi connectivity index (χ3n) is 2.45. The molecule has 14 heavy (non-hydrogen) atoms. The molecule has 1 heterocycles. The van der Waals surface area contributed by atoms with E-state index in [9.17, 15) is 0 Å². The number of rotatable bonds is 0. The minimum Gasteiger partial charge on any atom is -0.224 e. The van der Waals surface area contributed by atoms with E-state index in [1.165, 1.54) is 5.56 Å². The second kappa shape index (κ2) is 3.41. The topological polar surface area (TPSA) is 12.9 Å². The van der Waals surface area contributed by atoms with Gasteiger partial charge < -0.3 is 0 Å². The van der Waals surface area contributed by atoms with Gasteiger partial charge in [0.05, 0.1) is 0 Å². The van der Waals surface area contributed by atoms with Gasteiger partial charge in [0.15, 0.2) is 0 Å². The van der Waals surface area contributed by atoms with Crippen LogP contribution in [0.25, 0.3) is 10.8 Å². The summed E-state index contributed by atoms with van der Waals surface area (Å²) in [6.45, 7) is 4.10. The highest BCUT2D eigenvalue weighted by Crippen LogP contribution is 2.29. The lowest BCUT2D eigenvalue weighted by Crippen LogP contribution is -1.87. The molecule has 1 aromatic carbocycles. The highest BCUT2D eigenvalue weighted by Gasteiger charge is 2.06. The summed E-state index contributed by atoms with van der Waals surface area (Å²) >= 11 is 11.9. The molecule has 72 valence electrons. The highest BCUT2D eigenvalue weighted by atomic mass is 35.5. The normalized spacial score (nSPS) is 10.9. The van der Waals surface area contributed by atoms with Crippen LogP contribution in [0.3, 0.4) is 0 Å². The van der Waals surface area contributed by atoms with Gasteiger partial charge >= 0.3 is 0 Å². The van der Waals surface area contributed by atoms with Gasteiger partial charge in [-0.3, -0.25) is 0 Å². The van der Waals surface area contributed by atoms with Gasteiger partial charge in [-0.15, -0.1) is 0 Å². The second-order valence-electron chi connectivity index (χ2n) is 3.34. The largest absolute Gasteiger partial charge is 0.224 e. The third kappa shape index (κ3) is 1.47. The van der Waals surface area contributed by atoms with Crippen LogP contribution in [-0.4, -0.2) is 4.98 Å². The summed E-state index contributed by atoms with van der Waals surface area (Å²) < 4.78 is 0. The molecule has 1 aromatic heterocycles. The number of fused-ring (bicyclic) bond motifs is 1. The average Bonchev–Trinajstić information content (AvgIpc) is 2.10. The molecule has 0 amide bonds. The van der Waals surface area contributed by atoms with Crippen LogP contribution in [0.15, 0.2) is 18.2 Å². The maximum Gasteiger partial charge on any atom is 0.138 e. The van der Waals surface area contributed by atoms with Gasteiger partial charge in [-0.25, -0.2) is 4.98 Å². The first-order valence-corrected chi connectivity index (χ1v) is 5.07. The van der Waals surface area contributed by atoms with E-state index in [2.05, 4.69) is 18.0 Å². The Balaban J connectivity index is 2.95. The standard InChI is InChI=1S/C11H9Cl2N/c1-6-3-4-8-5-9(12)14-11(13)10(8)7(6)2/h3-5H,1-2H3. The Bertz CT molecular complexity index is 506. The zero-order valence-electron chi connectivity index (χ0n) is 7.94. The van der Waals surface area contributed by atoms with Crippen molar-refractivity contribution in [3.63, 3.8) is 0 Å². The van der Waals surface area contributed by atoms with E-state index in [0.29, 0.717) is 10.3 Å². The van der Waals surface area contributed by atoms with E-state index < -0.39 is 0 Å². The summed E-state index contributed by atoms with van der Waals surface area (Å²) in [5.74, 6) is 0.